The average molecular weight is 436 g/mol. The Bertz CT molecular complexity index is 878. The highest BCUT2D eigenvalue weighted by molar-refractivity contribution is 6.33. The van der Waals surface area contributed by atoms with E-state index in [9.17, 15) is 14.0 Å². The lowest BCUT2D eigenvalue weighted by Gasteiger charge is -2.23. The quantitative estimate of drug-likeness (QED) is 0.580. The molecule has 1 atom stereocenters. The molecule has 1 N–H and O–H groups in total. The van der Waals surface area contributed by atoms with Gasteiger partial charge in [-0.15, -0.1) is 0 Å². The summed E-state index contributed by atoms with van der Waals surface area (Å²) in [5, 5.41) is 3.20. The van der Waals surface area contributed by atoms with Crippen LogP contribution in [0.3, 0.4) is 0 Å². The van der Waals surface area contributed by atoms with Crippen LogP contribution in [0.1, 0.15) is 39.7 Å². The highest BCUT2D eigenvalue weighted by Crippen LogP contribution is 2.29. The zero-order valence-corrected chi connectivity index (χ0v) is 18.4. The summed E-state index contributed by atoms with van der Waals surface area (Å²) >= 11 is 6.17. The normalized spacial score (nSPS) is 12.2. The third-order valence-electron chi connectivity index (χ3n) is 4.11. The predicted molar refractivity (Wildman–Crippen MR) is 115 cm³/mol. The van der Waals surface area contributed by atoms with Gasteiger partial charge in [-0.05, 0) is 63.4 Å². The molecule has 0 saturated carbocycles. The smallest absolute Gasteiger partial charge is 0.407 e. The van der Waals surface area contributed by atoms with Crippen molar-refractivity contribution in [2.24, 2.45) is 0 Å². The van der Waals surface area contributed by atoms with E-state index in [1.807, 2.05) is 24.3 Å². The molecule has 7 heteroatoms. The molecule has 0 aliphatic carbocycles. The molecule has 0 aromatic heterocycles. The molecule has 5 nitrogen and oxygen atoms in total. The van der Waals surface area contributed by atoms with Gasteiger partial charge >= 0.3 is 12.1 Å². The van der Waals surface area contributed by atoms with Crippen LogP contribution in [0.2, 0.25) is 5.02 Å². The highest BCUT2D eigenvalue weighted by atomic mass is 35.5. The van der Waals surface area contributed by atoms with E-state index in [2.05, 4.69) is 5.32 Å². The number of hydrogen-bond acceptors (Lipinski definition) is 4. The van der Waals surface area contributed by atoms with Crippen molar-refractivity contribution in [2.75, 3.05) is 6.61 Å². The van der Waals surface area contributed by atoms with Crippen molar-refractivity contribution >= 4 is 23.7 Å². The van der Waals surface area contributed by atoms with Crippen LogP contribution in [0.4, 0.5) is 9.18 Å². The topological polar surface area (TPSA) is 64.6 Å². The molecule has 2 aromatic carbocycles. The van der Waals surface area contributed by atoms with Crippen molar-refractivity contribution in [2.45, 2.75) is 52.2 Å². The molecule has 162 valence electrons. The Balaban J connectivity index is 2.14. The summed E-state index contributed by atoms with van der Waals surface area (Å²) in [6.07, 6.45) is -0.181. The summed E-state index contributed by atoms with van der Waals surface area (Å²) in [4.78, 5) is 24.1. The van der Waals surface area contributed by atoms with Crippen molar-refractivity contribution in [1.29, 1.82) is 0 Å². The van der Waals surface area contributed by atoms with Gasteiger partial charge in [-0.25, -0.2) is 9.18 Å². The number of nitrogens with one attached hydrogen (secondary N) is 1. The van der Waals surface area contributed by atoms with Gasteiger partial charge in [0.15, 0.2) is 0 Å². The molecule has 30 heavy (non-hydrogen) atoms. The molecular weight excluding hydrogens is 409 g/mol. The van der Waals surface area contributed by atoms with E-state index in [-0.39, 0.29) is 18.8 Å². The van der Waals surface area contributed by atoms with Crippen LogP contribution in [0.5, 0.6) is 0 Å². The van der Waals surface area contributed by atoms with Gasteiger partial charge in [0, 0.05) is 16.6 Å². The first-order valence-electron chi connectivity index (χ1n) is 9.77. The minimum absolute atomic E-state index is 0.0184. The fraction of sp³-hybridized carbons (Fsp3) is 0.391. The molecule has 1 amide bonds. The number of ether oxygens (including phenoxy) is 2. The average Bonchev–Trinajstić information content (AvgIpc) is 2.63. The molecule has 0 spiro atoms. The maximum Gasteiger partial charge on any atom is 0.407 e. The monoisotopic (exact) mass is 435 g/mol. The van der Waals surface area contributed by atoms with Gasteiger partial charge in [0.1, 0.15) is 11.4 Å². The van der Waals surface area contributed by atoms with E-state index in [0.29, 0.717) is 17.0 Å². The summed E-state index contributed by atoms with van der Waals surface area (Å²) in [5.41, 5.74) is 1.60. The molecule has 0 bridgehead atoms. The van der Waals surface area contributed by atoms with Gasteiger partial charge in [-0.2, -0.15) is 0 Å². The van der Waals surface area contributed by atoms with E-state index in [1.54, 1.807) is 27.7 Å². The summed E-state index contributed by atoms with van der Waals surface area (Å²) < 4.78 is 23.9. The Morgan fingerprint density at radius 1 is 1.13 bits per heavy atom. The van der Waals surface area contributed by atoms with Gasteiger partial charge in [0.05, 0.1) is 13.0 Å². The maximum absolute atomic E-state index is 13.6. The number of amides is 1. The van der Waals surface area contributed by atoms with Crippen LogP contribution in [0, 0.1) is 5.82 Å². The first-order valence-corrected chi connectivity index (χ1v) is 10.1. The van der Waals surface area contributed by atoms with Crippen LogP contribution in [-0.2, 0) is 20.7 Å². The van der Waals surface area contributed by atoms with Crippen molar-refractivity contribution < 1.29 is 23.5 Å². The number of halogens is 2. The fourth-order valence-electron chi connectivity index (χ4n) is 2.89. The molecule has 2 aromatic rings. The van der Waals surface area contributed by atoms with Gasteiger partial charge in [-0.3, -0.25) is 4.79 Å². The summed E-state index contributed by atoms with van der Waals surface area (Å²) in [6, 6.07) is 11.1. The van der Waals surface area contributed by atoms with E-state index in [4.69, 9.17) is 21.1 Å². The Morgan fingerprint density at radius 3 is 2.40 bits per heavy atom. The molecule has 0 fully saturated rings. The second-order valence-electron chi connectivity index (χ2n) is 7.88. The number of alkyl carbamates (subject to hydrolysis) is 1. The molecule has 0 radical (unpaired) electrons. The van der Waals surface area contributed by atoms with Gasteiger partial charge in [0.25, 0.3) is 0 Å². The lowest BCUT2D eigenvalue weighted by Crippen LogP contribution is -2.41. The SMILES string of the molecule is CCOC(=O)CC(Cc1ccc(-c2cc(F)ccc2Cl)cc1)NC(=O)OC(C)(C)C. The van der Waals surface area contributed by atoms with Crippen molar-refractivity contribution in [3.05, 3.63) is 58.9 Å². The zero-order chi connectivity index (χ0) is 22.3. The Morgan fingerprint density at radius 2 is 1.80 bits per heavy atom. The molecule has 0 saturated heterocycles. The molecule has 0 aliphatic rings. The molecule has 0 heterocycles. The van der Waals surface area contributed by atoms with Crippen LogP contribution in [0.15, 0.2) is 42.5 Å². The molecule has 0 aliphatic heterocycles. The van der Waals surface area contributed by atoms with Gasteiger partial charge < -0.3 is 14.8 Å². The lowest BCUT2D eigenvalue weighted by molar-refractivity contribution is -0.143. The van der Waals surface area contributed by atoms with E-state index in [0.717, 1.165) is 11.1 Å². The number of benzene rings is 2. The largest absolute Gasteiger partial charge is 0.466 e. The van der Waals surface area contributed by atoms with Crippen LogP contribution in [-0.4, -0.2) is 30.3 Å². The van der Waals surface area contributed by atoms with Crippen LogP contribution in [0.25, 0.3) is 11.1 Å². The third-order valence-corrected chi connectivity index (χ3v) is 4.44. The molecular formula is C23H27ClFNO4. The standard InChI is InChI=1S/C23H27ClFNO4/c1-5-29-21(27)14-18(26-22(28)30-23(2,3)4)12-15-6-8-16(9-7-15)19-13-17(25)10-11-20(19)24/h6-11,13,18H,5,12,14H2,1-4H3,(H,26,28). The zero-order valence-electron chi connectivity index (χ0n) is 17.6. The van der Waals surface area contributed by atoms with E-state index in [1.165, 1.54) is 18.2 Å². The Labute approximate surface area is 181 Å². The Hall–Kier alpha value is -2.60. The maximum atomic E-state index is 13.6. The van der Waals surface area contributed by atoms with Crippen molar-refractivity contribution in [3.63, 3.8) is 0 Å². The van der Waals surface area contributed by atoms with Gasteiger partial charge in [0.2, 0.25) is 0 Å². The van der Waals surface area contributed by atoms with Crippen molar-refractivity contribution in [3.8, 4) is 11.1 Å². The summed E-state index contributed by atoms with van der Waals surface area (Å²) in [7, 11) is 0. The second kappa shape index (κ2) is 10.4. The lowest BCUT2D eigenvalue weighted by atomic mass is 9.99. The van der Waals surface area contributed by atoms with Crippen molar-refractivity contribution in [1.82, 2.24) is 5.32 Å². The Kier molecular flexibility index (Phi) is 8.24. The fourth-order valence-corrected chi connectivity index (χ4v) is 3.12. The van der Waals surface area contributed by atoms with E-state index < -0.39 is 23.7 Å². The third kappa shape index (κ3) is 7.67. The number of carbonyl (C=O) groups excluding carboxylic acids is 2. The first kappa shape index (κ1) is 23.7. The number of esters is 1. The highest BCUT2D eigenvalue weighted by Gasteiger charge is 2.22. The van der Waals surface area contributed by atoms with Gasteiger partial charge in [-0.1, -0.05) is 35.9 Å². The summed E-state index contributed by atoms with van der Waals surface area (Å²) in [5.74, 6) is -0.767. The van der Waals surface area contributed by atoms with Crippen LogP contribution >= 0.6 is 11.6 Å². The number of hydrogen-bond donors (Lipinski definition) is 1. The molecule has 1 unspecified atom stereocenters. The predicted octanol–water partition coefficient (Wildman–Crippen LogP) is 5.54. The number of carbonyl (C=O) groups is 2. The summed E-state index contributed by atoms with van der Waals surface area (Å²) in [6.45, 7) is 7.29. The van der Waals surface area contributed by atoms with Crippen LogP contribution < -0.4 is 5.32 Å². The second-order valence-corrected chi connectivity index (χ2v) is 8.28. The first-order chi connectivity index (χ1) is 14.1. The molecule has 2 rings (SSSR count). The minimum atomic E-state index is -0.648. The number of rotatable bonds is 7. The van der Waals surface area contributed by atoms with E-state index >= 15 is 0 Å². The minimum Gasteiger partial charge on any atom is -0.466 e.